The predicted molar refractivity (Wildman–Crippen MR) is 64.3 cm³/mol. The van der Waals surface area contributed by atoms with Gasteiger partial charge in [-0.15, -0.1) is 0 Å². The van der Waals surface area contributed by atoms with Crippen LogP contribution < -0.4 is 5.73 Å². The molecule has 0 aliphatic heterocycles. The fourth-order valence-corrected chi connectivity index (χ4v) is 1.47. The third-order valence-electron chi connectivity index (χ3n) is 2.44. The number of anilines is 1. The molecule has 88 valence electrons. The van der Waals surface area contributed by atoms with Crippen molar-refractivity contribution in [2.75, 3.05) is 25.9 Å². The van der Waals surface area contributed by atoms with Crippen molar-refractivity contribution >= 4 is 11.7 Å². The number of nitrogens with zero attached hydrogens (tertiary/aromatic N) is 1. The van der Waals surface area contributed by atoms with Crippen LogP contribution in [0.4, 0.5) is 5.69 Å². The highest BCUT2D eigenvalue weighted by atomic mass is 16.4. The molecule has 0 unspecified atom stereocenters. The monoisotopic (exact) mass is 222 g/mol. The van der Waals surface area contributed by atoms with E-state index in [1.54, 1.807) is 0 Å². The zero-order valence-electron chi connectivity index (χ0n) is 9.52. The Kier molecular flexibility index (Phi) is 4.79. The fourth-order valence-electron chi connectivity index (χ4n) is 1.47. The third-order valence-corrected chi connectivity index (χ3v) is 2.44. The molecule has 1 rings (SSSR count). The largest absolute Gasteiger partial charge is 0.481 e. The van der Waals surface area contributed by atoms with Crippen molar-refractivity contribution in [3.05, 3.63) is 29.8 Å². The number of benzene rings is 1. The van der Waals surface area contributed by atoms with Crippen LogP contribution in [-0.4, -0.2) is 36.1 Å². The number of carbonyl (C=O) groups is 1. The van der Waals surface area contributed by atoms with E-state index in [0.717, 1.165) is 18.7 Å². The summed E-state index contributed by atoms with van der Waals surface area (Å²) in [6.45, 7) is 1.42. The number of nitrogens with two attached hydrogens (primary N) is 1. The lowest BCUT2D eigenvalue weighted by molar-refractivity contribution is -0.137. The van der Waals surface area contributed by atoms with Gasteiger partial charge in [0.2, 0.25) is 0 Å². The average Bonchev–Trinajstić information content (AvgIpc) is 2.23. The maximum absolute atomic E-state index is 10.4. The molecule has 0 aliphatic rings. The summed E-state index contributed by atoms with van der Waals surface area (Å²) < 4.78 is 0. The third kappa shape index (κ3) is 4.79. The summed E-state index contributed by atoms with van der Waals surface area (Å²) in [5.41, 5.74) is 7.62. The van der Waals surface area contributed by atoms with E-state index in [-0.39, 0.29) is 6.42 Å². The Morgan fingerprint density at radius 3 is 2.81 bits per heavy atom. The molecule has 3 N–H and O–H groups in total. The van der Waals surface area contributed by atoms with Crippen molar-refractivity contribution in [2.24, 2.45) is 0 Å². The van der Waals surface area contributed by atoms with Gasteiger partial charge in [0.1, 0.15) is 0 Å². The van der Waals surface area contributed by atoms with Gasteiger partial charge >= 0.3 is 5.97 Å². The van der Waals surface area contributed by atoms with E-state index in [9.17, 15) is 4.79 Å². The molecule has 1 aromatic carbocycles. The highest BCUT2D eigenvalue weighted by molar-refractivity contribution is 5.66. The summed E-state index contributed by atoms with van der Waals surface area (Å²) in [6.07, 6.45) is 1.08. The molecule has 0 saturated heterocycles. The van der Waals surface area contributed by atoms with Gasteiger partial charge in [-0.05, 0) is 31.2 Å². The Morgan fingerprint density at radius 2 is 2.19 bits per heavy atom. The summed E-state index contributed by atoms with van der Waals surface area (Å²) in [7, 11) is 1.93. The first-order chi connectivity index (χ1) is 7.58. The maximum Gasteiger partial charge on any atom is 0.304 e. The number of carboxylic acids is 1. The molecule has 0 bridgehead atoms. The lowest BCUT2D eigenvalue weighted by Gasteiger charge is -2.15. The van der Waals surface area contributed by atoms with E-state index in [0.29, 0.717) is 6.54 Å². The molecule has 0 radical (unpaired) electrons. The van der Waals surface area contributed by atoms with Crippen molar-refractivity contribution < 1.29 is 9.90 Å². The van der Waals surface area contributed by atoms with E-state index in [2.05, 4.69) is 0 Å². The molecular formula is C12H18N2O2. The second-order valence-corrected chi connectivity index (χ2v) is 3.94. The average molecular weight is 222 g/mol. The first-order valence-electron chi connectivity index (χ1n) is 5.32. The highest BCUT2D eigenvalue weighted by Crippen LogP contribution is 2.07. The van der Waals surface area contributed by atoms with Gasteiger partial charge in [-0.3, -0.25) is 4.79 Å². The van der Waals surface area contributed by atoms with E-state index < -0.39 is 5.97 Å². The minimum Gasteiger partial charge on any atom is -0.481 e. The Labute approximate surface area is 95.7 Å². The Hall–Kier alpha value is -1.55. The summed E-state index contributed by atoms with van der Waals surface area (Å²) in [5, 5.41) is 8.54. The SMILES string of the molecule is CN(CCC(=O)O)CCc1cccc(N)c1. The van der Waals surface area contributed by atoms with Crippen LogP contribution in [0, 0.1) is 0 Å². The van der Waals surface area contributed by atoms with Crippen molar-refractivity contribution in [3.8, 4) is 0 Å². The summed E-state index contributed by atoms with van der Waals surface area (Å²) in [5.74, 6) is -0.754. The van der Waals surface area contributed by atoms with Crippen LogP contribution in [0.2, 0.25) is 0 Å². The minimum atomic E-state index is -0.754. The molecule has 4 nitrogen and oxygen atoms in total. The lowest BCUT2D eigenvalue weighted by atomic mass is 10.1. The van der Waals surface area contributed by atoms with Crippen LogP contribution >= 0.6 is 0 Å². The van der Waals surface area contributed by atoms with Crippen molar-refractivity contribution in [1.29, 1.82) is 0 Å². The molecule has 0 saturated carbocycles. The first kappa shape index (κ1) is 12.5. The Balaban J connectivity index is 2.31. The van der Waals surface area contributed by atoms with Gasteiger partial charge in [0.05, 0.1) is 6.42 Å². The summed E-state index contributed by atoms with van der Waals surface area (Å²) >= 11 is 0. The quantitative estimate of drug-likeness (QED) is 0.710. The molecule has 4 heteroatoms. The van der Waals surface area contributed by atoms with Crippen molar-refractivity contribution in [2.45, 2.75) is 12.8 Å². The molecule has 16 heavy (non-hydrogen) atoms. The van der Waals surface area contributed by atoms with Crippen LogP contribution in [0.1, 0.15) is 12.0 Å². The van der Waals surface area contributed by atoms with Crippen LogP contribution in [-0.2, 0) is 11.2 Å². The van der Waals surface area contributed by atoms with E-state index in [1.807, 2.05) is 36.2 Å². The Morgan fingerprint density at radius 1 is 1.44 bits per heavy atom. The molecule has 0 fully saturated rings. The summed E-state index contributed by atoms with van der Waals surface area (Å²) in [6, 6.07) is 7.77. The smallest absolute Gasteiger partial charge is 0.304 e. The van der Waals surface area contributed by atoms with Gasteiger partial charge < -0.3 is 15.7 Å². The van der Waals surface area contributed by atoms with Gasteiger partial charge in [-0.25, -0.2) is 0 Å². The van der Waals surface area contributed by atoms with Crippen LogP contribution in [0.25, 0.3) is 0 Å². The topological polar surface area (TPSA) is 66.6 Å². The van der Waals surface area contributed by atoms with Crippen molar-refractivity contribution in [3.63, 3.8) is 0 Å². The van der Waals surface area contributed by atoms with Gasteiger partial charge in [0.25, 0.3) is 0 Å². The zero-order chi connectivity index (χ0) is 12.0. The lowest BCUT2D eigenvalue weighted by Crippen LogP contribution is -2.24. The molecule has 1 aromatic rings. The van der Waals surface area contributed by atoms with E-state index in [4.69, 9.17) is 10.8 Å². The number of aliphatic carboxylic acids is 1. The maximum atomic E-state index is 10.4. The Bertz CT molecular complexity index is 353. The molecule has 0 aromatic heterocycles. The number of carboxylic acid groups (broad SMARTS) is 1. The second-order valence-electron chi connectivity index (χ2n) is 3.94. The fraction of sp³-hybridized carbons (Fsp3) is 0.417. The number of hydrogen-bond acceptors (Lipinski definition) is 3. The molecule has 0 heterocycles. The molecule has 0 amide bonds. The van der Waals surface area contributed by atoms with Crippen LogP contribution in [0.5, 0.6) is 0 Å². The van der Waals surface area contributed by atoms with Crippen LogP contribution in [0.3, 0.4) is 0 Å². The van der Waals surface area contributed by atoms with Crippen molar-refractivity contribution in [1.82, 2.24) is 4.90 Å². The van der Waals surface area contributed by atoms with Gasteiger partial charge in [-0.1, -0.05) is 12.1 Å². The van der Waals surface area contributed by atoms with Gasteiger partial charge in [0, 0.05) is 18.8 Å². The van der Waals surface area contributed by atoms with E-state index in [1.165, 1.54) is 5.56 Å². The standard InChI is InChI=1S/C12H18N2O2/c1-14(8-6-12(15)16)7-5-10-3-2-4-11(13)9-10/h2-4,9H,5-8,13H2,1H3,(H,15,16). The molecule has 0 aliphatic carbocycles. The second kappa shape index (κ2) is 6.12. The molecule has 0 atom stereocenters. The van der Waals surface area contributed by atoms with Gasteiger partial charge in [0.15, 0.2) is 0 Å². The number of nitrogen functional groups attached to an aromatic ring is 1. The molecular weight excluding hydrogens is 204 g/mol. The number of hydrogen-bond donors (Lipinski definition) is 2. The minimum absolute atomic E-state index is 0.188. The van der Waals surface area contributed by atoms with Crippen LogP contribution in [0.15, 0.2) is 24.3 Å². The molecule has 0 spiro atoms. The van der Waals surface area contributed by atoms with Gasteiger partial charge in [-0.2, -0.15) is 0 Å². The number of rotatable bonds is 6. The zero-order valence-corrected chi connectivity index (χ0v) is 9.52. The highest BCUT2D eigenvalue weighted by Gasteiger charge is 2.02. The summed E-state index contributed by atoms with van der Waals surface area (Å²) in [4.78, 5) is 12.4. The first-order valence-corrected chi connectivity index (χ1v) is 5.32. The predicted octanol–water partition coefficient (Wildman–Crippen LogP) is 1.22. The number of likely N-dealkylation sites (N-methyl/N-ethyl adjacent to an activating group) is 1. The van der Waals surface area contributed by atoms with E-state index >= 15 is 0 Å². The normalized spacial score (nSPS) is 10.6.